The first kappa shape index (κ1) is 16.4. The van der Waals surface area contributed by atoms with Crippen LogP contribution in [-0.4, -0.2) is 40.6 Å². The number of Topliss-reactive ketones (excluding diaryl/α,β-unsaturated/α-hetero) is 1. The Morgan fingerprint density at radius 1 is 1.33 bits per heavy atom. The van der Waals surface area contributed by atoms with Gasteiger partial charge in [-0.05, 0) is 31.5 Å². The lowest BCUT2D eigenvalue weighted by molar-refractivity contribution is 0.0982. The van der Waals surface area contributed by atoms with Gasteiger partial charge in [0.25, 0.3) is 0 Å². The van der Waals surface area contributed by atoms with E-state index >= 15 is 0 Å². The van der Waals surface area contributed by atoms with Gasteiger partial charge in [0.2, 0.25) is 5.88 Å². The van der Waals surface area contributed by atoms with Gasteiger partial charge in [0, 0.05) is 24.1 Å². The standard InChI is InChI=1S/C16H16N2O5S/c1-3-18-16(21)11(8-17-18)15(20)10-4-5-13-14(9(10)2)12(19)6-7-24(13,22)23/h4-5,8,21H,3,6-7H2,1-2H3. The number of carbonyl (C=O) groups is 2. The predicted molar refractivity (Wildman–Crippen MR) is 85.2 cm³/mol. The third-order valence-electron chi connectivity index (χ3n) is 4.24. The number of aromatic hydroxyl groups is 1. The lowest BCUT2D eigenvalue weighted by Crippen LogP contribution is -2.23. The van der Waals surface area contributed by atoms with E-state index in [0.717, 1.165) is 0 Å². The summed E-state index contributed by atoms with van der Waals surface area (Å²) in [5, 5.41) is 14.0. The van der Waals surface area contributed by atoms with E-state index in [1.54, 1.807) is 13.8 Å². The van der Waals surface area contributed by atoms with Crippen LogP contribution in [0.25, 0.3) is 0 Å². The van der Waals surface area contributed by atoms with Crippen molar-refractivity contribution in [1.29, 1.82) is 0 Å². The van der Waals surface area contributed by atoms with Crippen molar-refractivity contribution in [2.45, 2.75) is 31.7 Å². The van der Waals surface area contributed by atoms with Crippen LogP contribution in [0.4, 0.5) is 0 Å². The first-order valence-corrected chi connectivity index (χ1v) is 9.12. The molecule has 1 aromatic heterocycles. The lowest BCUT2D eigenvalue weighted by atomic mass is 9.93. The Morgan fingerprint density at radius 2 is 2.04 bits per heavy atom. The molecule has 0 bridgehead atoms. The van der Waals surface area contributed by atoms with Gasteiger partial charge in [-0.25, -0.2) is 13.1 Å². The van der Waals surface area contributed by atoms with E-state index < -0.39 is 15.6 Å². The predicted octanol–water partition coefficient (Wildman–Crippen LogP) is 1.51. The van der Waals surface area contributed by atoms with Crippen molar-refractivity contribution in [3.63, 3.8) is 0 Å². The molecule has 0 saturated heterocycles. The second-order valence-electron chi connectivity index (χ2n) is 5.63. The van der Waals surface area contributed by atoms with E-state index in [1.165, 1.54) is 23.0 Å². The van der Waals surface area contributed by atoms with Crippen LogP contribution in [0.1, 0.15) is 45.2 Å². The largest absolute Gasteiger partial charge is 0.493 e. The maximum absolute atomic E-state index is 12.7. The second kappa shape index (κ2) is 5.55. The van der Waals surface area contributed by atoms with Crippen LogP contribution in [0.15, 0.2) is 23.2 Å². The number of hydrogen-bond acceptors (Lipinski definition) is 6. The summed E-state index contributed by atoms with van der Waals surface area (Å²) in [6, 6.07) is 2.68. The van der Waals surface area contributed by atoms with Crippen molar-refractivity contribution in [2.75, 3.05) is 5.75 Å². The highest BCUT2D eigenvalue weighted by Gasteiger charge is 2.32. The lowest BCUT2D eigenvalue weighted by Gasteiger charge is -2.19. The molecular weight excluding hydrogens is 332 g/mol. The summed E-state index contributed by atoms with van der Waals surface area (Å²) in [5.74, 6) is -1.25. The molecular formula is C16H16N2O5S. The zero-order chi connectivity index (χ0) is 17.6. The van der Waals surface area contributed by atoms with Crippen LogP contribution in [-0.2, 0) is 16.4 Å². The van der Waals surface area contributed by atoms with Crippen LogP contribution >= 0.6 is 0 Å². The van der Waals surface area contributed by atoms with Crippen molar-refractivity contribution in [1.82, 2.24) is 9.78 Å². The van der Waals surface area contributed by atoms with Gasteiger partial charge in [-0.15, -0.1) is 0 Å². The van der Waals surface area contributed by atoms with Gasteiger partial charge in [0.1, 0.15) is 5.56 Å². The fraction of sp³-hybridized carbons (Fsp3) is 0.312. The number of fused-ring (bicyclic) bond motifs is 1. The number of ketones is 2. The average Bonchev–Trinajstić information content (AvgIpc) is 2.91. The average molecular weight is 348 g/mol. The molecule has 0 atom stereocenters. The Hall–Kier alpha value is -2.48. The van der Waals surface area contributed by atoms with Gasteiger partial charge in [-0.2, -0.15) is 5.10 Å². The van der Waals surface area contributed by atoms with Crippen molar-refractivity contribution < 1.29 is 23.1 Å². The first-order valence-electron chi connectivity index (χ1n) is 7.47. The minimum Gasteiger partial charge on any atom is -0.493 e. The third-order valence-corrected chi connectivity index (χ3v) is 5.99. The zero-order valence-electron chi connectivity index (χ0n) is 13.2. The van der Waals surface area contributed by atoms with Crippen LogP contribution in [0.3, 0.4) is 0 Å². The van der Waals surface area contributed by atoms with Crippen LogP contribution < -0.4 is 0 Å². The highest BCUT2D eigenvalue weighted by Crippen LogP contribution is 2.31. The van der Waals surface area contributed by atoms with Gasteiger partial charge < -0.3 is 5.11 Å². The van der Waals surface area contributed by atoms with E-state index in [1.807, 2.05) is 0 Å². The summed E-state index contributed by atoms with van der Waals surface area (Å²) < 4.78 is 25.5. The number of hydrogen-bond donors (Lipinski definition) is 1. The molecule has 3 rings (SSSR count). The fourth-order valence-electron chi connectivity index (χ4n) is 2.92. The molecule has 0 amide bonds. The minimum absolute atomic E-state index is 0.0195. The number of aryl methyl sites for hydroxylation is 1. The molecule has 1 aliphatic heterocycles. The van der Waals surface area contributed by atoms with Gasteiger partial charge >= 0.3 is 0 Å². The maximum Gasteiger partial charge on any atom is 0.220 e. The quantitative estimate of drug-likeness (QED) is 0.843. The third kappa shape index (κ3) is 2.34. The topological polar surface area (TPSA) is 106 Å². The Balaban J connectivity index is 2.17. The highest BCUT2D eigenvalue weighted by molar-refractivity contribution is 7.91. The molecule has 1 aliphatic rings. The van der Waals surface area contributed by atoms with Gasteiger partial charge in [0.15, 0.2) is 21.4 Å². The monoisotopic (exact) mass is 348 g/mol. The number of aromatic nitrogens is 2. The number of benzene rings is 1. The fourth-order valence-corrected chi connectivity index (χ4v) is 4.44. The van der Waals surface area contributed by atoms with Crippen molar-refractivity contribution in [3.05, 3.63) is 40.6 Å². The molecule has 0 fully saturated rings. The zero-order valence-corrected chi connectivity index (χ0v) is 14.1. The van der Waals surface area contributed by atoms with Crippen molar-refractivity contribution in [3.8, 4) is 5.88 Å². The Labute approximate surface area is 138 Å². The molecule has 0 unspecified atom stereocenters. The summed E-state index contributed by atoms with van der Waals surface area (Å²) in [5.41, 5.74) is 0.597. The molecule has 8 heteroatoms. The highest BCUT2D eigenvalue weighted by atomic mass is 32.2. The maximum atomic E-state index is 12.7. The second-order valence-corrected chi connectivity index (χ2v) is 7.71. The molecule has 0 radical (unpaired) electrons. The molecule has 2 heterocycles. The molecule has 2 aromatic rings. The Morgan fingerprint density at radius 3 is 2.67 bits per heavy atom. The van der Waals surface area contributed by atoms with Gasteiger partial charge in [-0.3, -0.25) is 9.59 Å². The van der Waals surface area contributed by atoms with E-state index in [4.69, 9.17) is 0 Å². The van der Waals surface area contributed by atoms with Crippen LogP contribution in [0, 0.1) is 6.92 Å². The van der Waals surface area contributed by atoms with Gasteiger partial charge in [-0.1, -0.05) is 0 Å². The Kier molecular flexibility index (Phi) is 3.79. The number of carbonyl (C=O) groups excluding carboxylic acids is 2. The minimum atomic E-state index is -3.51. The summed E-state index contributed by atoms with van der Waals surface area (Å²) in [7, 11) is -3.51. The summed E-state index contributed by atoms with van der Waals surface area (Å²) in [6.45, 7) is 3.72. The van der Waals surface area contributed by atoms with E-state index in [9.17, 15) is 23.1 Å². The molecule has 7 nitrogen and oxygen atoms in total. The molecule has 24 heavy (non-hydrogen) atoms. The normalized spacial score (nSPS) is 16.0. The summed E-state index contributed by atoms with van der Waals surface area (Å²) in [6.07, 6.45) is 1.17. The van der Waals surface area contributed by atoms with E-state index in [-0.39, 0.29) is 45.4 Å². The number of sulfone groups is 1. The molecule has 0 saturated carbocycles. The van der Waals surface area contributed by atoms with Crippen molar-refractivity contribution >= 4 is 21.4 Å². The molecule has 1 aromatic carbocycles. The molecule has 0 aliphatic carbocycles. The number of nitrogens with zero attached hydrogens (tertiary/aromatic N) is 2. The summed E-state index contributed by atoms with van der Waals surface area (Å²) >= 11 is 0. The molecule has 1 N–H and O–H groups in total. The Bertz CT molecular complexity index is 973. The number of rotatable bonds is 3. The summed E-state index contributed by atoms with van der Waals surface area (Å²) in [4.78, 5) is 24.9. The van der Waals surface area contributed by atoms with Crippen LogP contribution in [0.2, 0.25) is 0 Å². The van der Waals surface area contributed by atoms with Crippen molar-refractivity contribution in [2.24, 2.45) is 0 Å². The van der Waals surface area contributed by atoms with E-state index in [2.05, 4.69) is 5.10 Å². The van der Waals surface area contributed by atoms with E-state index in [0.29, 0.717) is 12.1 Å². The molecule has 0 spiro atoms. The van der Waals surface area contributed by atoms with Crippen LogP contribution in [0.5, 0.6) is 5.88 Å². The molecule has 126 valence electrons. The SMILES string of the molecule is CCn1ncc(C(=O)c2ccc3c(c2C)C(=O)CCS3(=O)=O)c1O. The van der Waals surface area contributed by atoms with Gasteiger partial charge in [0.05, 0.1) is 16.8 Å². The first-order chi connectivity index (χ1) is 11.3. The smallest absolute Gasteiger partial charge is 0.220 e.